The molecule has 0 saturated carbocycles. The summed E-state index contributed by atoms with van der Waals surface area (Å²) in [6, 6.07) is 6.86. The van der Waals surface area contributed by atoms with Gasteiger partial charge in [-0.2, -0.15) is 18.3 Å². The van der Waals surface area contributed by atoms with Gasteiger partial charge in [0, 0.05) is 11.3 Å². The Morgan fingerprint density at radius 1 is 1.11 bits per heavy atom. The monoisotopic (exact) mass is 254 g/mol. The maximum Gasteiger partial charge on any atom is 0.416 e. The van der Waals surface area contributed by atoms with E-state index in [0.29, 0.717) is 17.2 Å². The molecule has 0 atom stereocenters. The Morgan fingerprint density at radius 2 is 1.72 bits per heavy atom. The molecule has 18 heavy (non-hydrogen) atoms. The number of aromatic amines is 1. The van der Waals surface area contributed by atoms with E-state index in [1.807, 2.05) is 19.9 Å². The van der Waals surface area contributed by atoms with Crippen molar-refractivity contribution in [3.8, 4) is 11.3 Å². The SMILES string of the molecule is CC(C)c1cc(-c2ccc(C(F)(F)F)cc2)n[nH]1. The topological polar surface area (TPSA) is 28.7 Å². The van der Waals surface area contributed by atoms with Crippen molar-refractivity contribution in [3.05, 3.63) is 41.6 Å². The number of alkyl halides is 3. The zero-order valence-corrected chi connectivity index (χ0v) is 10.0. The van der Waals surface area contributed by atoms with E-state index >= 15 is 0 Å². The largest absolute Gasteiger partial charge is 0.416 e. The van der Waals surface area contributed by atoms with Crippen LogP contribution in [0, 0.1) is 0 Å². The molecule has 0 unspecified atom stereocenters. The van der Waals surface area contributed by atoms with Crippen molar-refractivity contribution in [2.45, 2.75) is 25.9 Å². The summed E-state index contributed by atoms with van der Waals surface area (Å²) < 4.78 is 37.2. The Bertz CT molecular complexity index is 524. The number of hydrogen-bond acceptors (Lipinski definition) is 1. The Labute approximate surface area is 103 Å². The van der Waals surface area contributed by atoms with Crippen LogP contribution < -0.4 is 0 Å². The first-order valence-electron chi connectivity index (χ1n) is 5.61. The fourth-order valence-corrected chi connectivity index (χ4v) is 1.61. The third kappa shape index (κ3) is 2.55. The molecule has 1 aromatic heterocycles. The van der Waals surface area contributed by atoms with Gasteiger partial charge >= 0.3 is 6.18 Å². The molecule has 0 bridgehead atoms. The van der Waals surface area contributed by atoms with Crippen molar-refractivity contribution in [2.24, 2.45) is 0 Å². The molecule has 0 aliphatic rings. The van der Waals surface area contributed by atoms with E-state index < -0.39 is 11.7 Å². The molecule has 0 aliphatic carbocycles. The van der Waals surface area contributed by atoms with Crippen LogP contribution in [0.5, 0.6) is 0 Å². The van der Waals surface area contributed by atoms with Gasteiger partial charge in [0.2, 0.25) is 0 Å². The molecule has 0 radical (unpaired) electrons. The van der Waals surface area contributed by atoms with Gasteiger partial charge in [-0.05, 0) is 24.1 Å². The molecule has 0 spiro atoms. The molecule has 2 aromatic rings. The molecule has 96 valence electrons. The van der Waals surface area contributed by atoms with Crippen molar-refractivity contribution in [2.75, 3.05) is 0 Å². The van der Waals surface area contributed by atoms with Crippen LogP contribution in [0.2, 0.25) is 0 Å². The number of nitrogens with one attached hydrogen (secondary N) is 1. The number of halogens is 3. The fraction of sp³-hybridized carbons (Fsp3) is 0.308. The fourth-order valence-electron chi connectivity index (χ4n) is 1.61. The molecule has 5 heteroatoms. The maximum atomic E-state index is 12.4. The Morgan fingerprint density at radius 3 is 2.17 bits per heavy atom. The molecule has 0 saturated heterocycles. The first-order valence-corrected chi connectivity index (χ1v) is 5.61. The first-order chi connectivity index (χ1) is 8.38. The molecule has 1 aromatic carbocycles. The summed E-state index contributed by atoms with van der Waals surface area (Å²) in [5.74, 6) is 0.306. The van der Waals surface area contributed by atoms with E-state index in [1.165, 1.54) is 12.1 Å². The van der Waals surface area contributed by atoms with E-state index in [1.54, 1.807) is 0 Å². The third-order valence-electron chi connectivity index (χ3n) is 2.73. The van der Waals surface area contributed by atoms with E-state index in [0.717, 1.165) is 17.8 Å². The highest BCUT2D eigenvalue weighted by atomic mass is 19.4. The number of benzene rings is 1. The van der Waals surface area contributed by atoms with Crippen LogP contribution in [0.15, 0.2) is 30.3 Å². The Hall–Kier alpha value is -1.78. The van der Waals surface area contributed by atoms with Gasteiger partial charge in [0.15, 0.2) is 0 Å². The third-order valence-corrected chi connectivity index (χ3v) is 2.73. The smallest absolute Gasteiger partial charge is 0.282 e. The van der Waals surface area contributed by atoms with Gasteiger partial charge in [0.1, 0.15) is 0 Å². The predicted molar refractivity (Wildman–Crippen MR) is 63.1 cm³/mol. The van der Waals surface area contributed by atoms with Crippen LogP contribution >= 0.6 is 0 Å². The van der Waals surface area contributed by atoms with Crippen molar-refractivity contribution < 1.29 is 13.2 Å². The number of aromatic nitrogens is 2. The summed E-state index contributed by atoms with van der Waals surface area (Å²) >= 11 is 0. The van der Waals surface area contributed by atoms with Gasteiger partial charge < -0.3 is 0 Å². The standard InChI is InChI=1S/C13H13F3N2/c1-8(2)11-7-12(18-17-11)9-3-5-10(6-4-9)13(14,15)16/h3-8H,1-2H3,(H,17,18). The molecule has 1 N–H and O–H groups in total. The van der Waals surface area contributed by atoms with E-state index in [4.69, 9.17) is 0 Å². The van der Waals surface area contributed by atoms with E-state index in [9.17, 15) is 13.2 Å². The molecular formula is C13H13F3N2. The van der Waals surface area contributed by atoms with Crippen molar-refractivity contribution in [1.29, 1.82) is 0 Å². The average Bonchev–Trinajstić information content (AvgIpc) is 2.77. The average molecular weight is 254 g/mol. The van der Waals surface area contributed by atoms with Crippen molar-refractivity contribution in [1.82, 2.24) is 10.2 Å². The minimum atomic E-state index is -4.30. The van der Waals surface area contributed by atoms with Gasteiger partial charge in [0.25, 0.3) is 0 Å². The summed E-state index contributed by atoms with van der Waals surface area (Å²) in [6.07, 6.45) is -4.30. The number of hydrogen-bond donors (Lipinski definition) is 1. The lowest BCUT2D eigenvalue weighted by atomic mass is 10.1. The molecule has 0 aliphatic heterocycles. The van der Waals surface area contributed by atoms with Crippen LogP contribution in [0.4, 0.5) is 13.2 Å². The second kappa shape index (κ2) is 4.48. The predicted octanol–water partition coefficient (Wildman–Crippen LogP) is 4.22. The zero-order chi connectivity index (χ0) is 13.3. The Balaban J connectivity index is 2.29. The lowest BCUT2D eigenvalue weighted by Gasteiger charge is -2.06. The lowest BCUT2D eigenvalue weighted by molar-refractivity contribution is -0.137. The first kappa shape index (κ1) is 12.7. The number of nitrogens with zero attached hydrogens (tertiary/aromatic N) is 1. The summed E-state index contributed by atoms with van der Waals surface area (Å²) in [4.78, 5) is 0. The molecular weight excluding hydrogens is 241 g/mol. The van der Waals surface area contributed by atoms with E-state index in [2.05, 4.69) is 10.2 Å². The van der Waals surface area contributed by atoms with Gasteiger partial charge in [-0.15, -0.1) is 0 Å². The summed E-state index contributed by atoms with van der Waals surface area (Å²) in [7, 11) is 0. The van der Waals surface area contributed by atoms with Gasteiger partial charge in [-0.25, -0.2) is 0 Å². The van der Waals surface area contributed by atoms with Crippen molar-refractivity contribution >= 4 is 0 Å². The Kier molecular flexibility index (Phi) is 3.15. The molecule has 2 rings (SSSR count). The van der Waals surface area contributed by atoms with Gasteiger partial charge in [-0.1, -0.05) is 26.0 Å². The molecule has 0 fully saturated rings. The van der Waals surface area contributed by atoms with Crippen molar-refractivity contribution in [3.63, 3.8) is 0 Å². The zero-order valence-electron chi connectivity index (χ0n) is 10.0. The van der Waals surface area contributed by atoms with Gasteiger partial charge in [0.05, 0.1) is 11.3 Å². The molecule has 0 amide bonds. The minimum absolute atomic E-state index is 0.306. The summed E-state index contributed by atoms with van der Waals surface area (Å²) in [6.45, 7) is 4.04. The van der Waals surface area contributed by atoms with Crippen LogP contribution in [-0.4, -0.2) is 10.2 Å². The quantitative estimate of drug-likeness (QED) is 0.854. The molecule has 2 nitrogen and oxygen atoms in total. The van der Waals surface area contributed by atoms with Crippen LogP contribution in [-0.2, 0) is 6.18 Å². The highest BCUT2D eigenvalue weighted by molar-refractivity contribution is 5.59. The van der Waals surface area contributed by atoms with Crippen LogP contribution in [0.3, 0.4) is 0 Å². The highest BCUT2D eigenvalue weighted by Crippen LogP contribution is 2.30. The van der Waals surface area contributed by atoms with E-state index in [-0.39, 0.29) is 0 Å². The maximum absolute atomic E-state index is 12.4. The lowest BCUT2D eigenvalue weighted by Crippen LogP contribution is -2.03. The molecule has 1 heterocycles. The highest BCUT2D eigenvalue weighted by Gasteiger charge is 2.30. The number of H-pyrrole nitrogens is 1. The minimum Gasteiger partial charge on any atom is -0.282 e. The van der Waals surface area contributed by atoms with Crippen LogP contribution in [0.1, 0.15) is 31.0 Å². The summed E-state index contributed by atoms with van der Waals surface area (Å²) in [5, 5.41) is 6.97. The number of rotatable bonds is 2. The van der Waals surface area contributed by atoms with Gasteiger partial charge in [-0.3, -0.25) is 5.10 Å². The second-order valence-electron chi connectivity index (χ2n) is 4.44. The summed E-state index contributed by atoms with van der Waals surface area (Å²) in [5.41, 5.74) is 1.65. The second-order valence-corrected chi connectivity index (χ2v) is 4.44. The van der Waals surface area contributed by atoms with Crippen LogP contribution in [0.25, 0.3) is 11.3 Å². The normalized spacial score (nSPS) is 12.1.